The minimum absolute atomic E-state index is 0.337. The third-order valence-corrected chi connectivity index (χ3v) is 2.83. The van der Waals surface area contributed by atoms with Crippen LogP contribution in [0.4, 0.5) is 0 Å². The molecule has 0 amide bonds. The quantitative estimate of drug-likeness (QED) is 0.673. The third-order valence-electron chi connectivity index (χ3n) is 2.83. The molecule has 0 atom stereocenters. The molecule has 2 aromatic heterocycles. The van der Waals surface area contributed by atoms with Crippen LogP contribution in [0.1, 0.15) is 19.9 Å². The van der Waals surface area contributed by atoms with Crippen molar-refractivity contribution in [2.45, 2.75) is 19.9 Å². The highest BCUT2D eigenvalue weighted by Gasteiger charge is 2.13. The van der Waals surface area contributed by atoms with Crippen LogP contribution < -0.4 is 0 Å². The summed E-state index contributed by atoms with van der Waals surface area (Å²) in [5.41, 5.74) is 3.22. The van der Waals surface area contributed by atoms with E-state index in [2.05, 4.69) is 46.8 Å². The molecule has 86 valence electrons. The fraction of sp³-hybridized carbons (Fsp3) is 0.231. The minimum Gasteiger partial charge on any atom is -0.260 e. The number of benzene rings is 1. The van der Waals surface area contributed by atoms with Gasteiger partial charge in [0.05, 0.1) is 5.69 Å². The first-order valence-electron chi connectivity index (χ1n) is 5.74. The van der Waals surface area contributed by atoms with E-state index in [4.69, 9.17) is 0 Å². The van der Waals surface area contributed by atoms with Crippen LogP contribution in [0.15, 0.2) is 42.7 Å². The zero-order valence-electron chi connectivity index (χ0n) is 9.91. The summed E-state index contributed by atoms with van der Waals surface area (Å²) in [6, 6.07) is 12.7. The van der Waals surface area contributed by atoms with Gasteiger partial charge in [-0.05, 0) is 19.4 Å². The van der Waals surface area contributed by atoms with Crippen molar-refractivity contribution in [1.82, 2.24) is 19.4 Å². The molecule has 4 heteroatoms. The maximum atomic E-state index is 4.25. The highest BCUT2D eigenvalue weighted by molar-refractivity contribution is 5.64. The molecule has 0 aliphatic rings. The highest BCUT2D eigenvalue weighted by Crippen LogP contribution is 2.24. The Morgan fingerprint density at radius 3 is 2.59 bits per heavy atom. The van der Waals surface area contributed by atoms with Gasteiger partial charge in [-0.1, -0.05) is 30.3 Å². The van der Waals surface area contributed by atoms with E-state index < -0.39 is 0 Å². The average Bonchev–Trinajstić information content (AvgIpc) is 2.88. The van der Waals surface area contributed by atoms with Crippen LogP contribution in [-0.2, 0) is 0 Å². The first-order valence-corrected chi connectivity index (χ1v) is 5.74. The summed E-state index contributed by atoms with van der Waals surface area (Å²) >= 11 is 0. The first kappa shape index (κ1) is 10.1. The number of rotatable bonds is 2. The molecule has 0 aliphatic heterocycles. The second-order valence-electron chi connectivity index (χ2n) is 4.34. The zero-order chi connectivity index (χ0) is 11.8. The topological polar surface area (TPSA) is 35.1 Å². The Labute approximate surface area is 99.5 Å². The Morgan fingerprint density at radius 1 is 1.12 bits per heavy atom. The van der Waals surface area contributed by atoms with Gasteiger partial charge in [-0.25, -0.2) is 4.98 Å². The van der Waals surface area contributed by atoms with Crippen molar-refractivity contribution in [3.05, 3.63) is 42.7 Å². The minimum atomic E-state index is 0.337. The highest BCUT2D eigenvalue weighted by atomic mass is 15.5. The lowest BCUT2D eigenvalue weighted by molar-refractivity contribution is 0.481. The van der Waals surface area contributed by atoms with Gasteiger partial charge >= 0.3 is 0 Å². The number of nitrogens with zero attached hydrogens (tertiary/aromatic N) is 4. The Hall–Kier alpha value is -2.10. The van der Waals surface area contributed by atoms with Crippen LogP contribution in [0.3, 0.4) is 0 Å². The summed E-state index contributed by atoms with van der Waals surface area (Å²) in [5, 5.41) is 4.25. The van der Waals surface area contributed by atoms with Crippen molar-refractivity contribution in [2.75, 3.05) is 0 Å². The Morgan fingerprint density at radius 2 is 1.88 bits per heavy atom. The molecule has 0 fully saturated rings. The SMILES string of the molecule is CC(C)n1c(-c2ccccc2)cc2ncnn21. The number of fused-ring (bicyclic) bond motifs is 1. The predicted octanol–water partition coefficient (Wildman–Crippen LogP) is 2.78. The predicted molar refractivity (Wildman–Crippen MR) is 66.8 cm³/mol. The van der Waals surface area contributed by atoms with E-state index in [1.54, 1.807) is 6.33 Å². The molecule has 2 heterocycles. The third kappa shape index (κ3) is 1.53. The van der Waals surface area contributed by atoms with Crippen molar-refractivity contribution < 1.29 is 0 Å². The van der Waals surface area contributed by atoms with E-state index in [1.165, 1.54) is 5.56 Å². The van der Waals surface area contributed by atoms with Crippen molar-refractivity contribution in [1.29, 1.82) is 0 Å². The van der Waals surface area contributed by atoms with Gasteiger partial charge in [-0.3, -0.25) is 4.68 Å². The van der Waals surface area contributed by atoms with Gasteiger partial charge in [0.2, 0.25) is 0 Å². The van der Waals surface area contributed by atoms with E-state index in [0.29, 0.717) is 6.04 Å². The van der Waals surface area contributed by atoms with Crippen LogP contribution in [0, 0.1) is 0 Å². The van der Waals surface area contributed by atoms with Crippen LogP contribution in [0.2, 0.25) is 0 Å². The van der Waals surface area contributed by atoms with Crippen LogP contribution in [0.25, 0.3) is 16.9 Å². The van der Waals surface area contributed by atoms with Gasteiger partial charge in [0.25, 0.3) is 0 Å². The molecule has 4 nitrogen and oxygen atoms in total. The van der Waals surface area contributed by atoms with Crippen LogP contribution in [-0.4, -0.2) is 19.4 Å². The molecule has 0 unspecified atom stereocenters. The van der Waals surface area contributed by atoms with E-state index >= 15 is 0 Å². The summed E-state index contributed by atoms with van der Waals surface area (Å²) < 4.78 is 4.00. The molecule has 0 spiro atoms. The lowest BCUT2D eigenvalue weighted by Gasteiger charge is -2.13. The molecule has 3 aromatic rings. The van der Waals surface area contributed by atoms with E-state index in [0.717, 1.165) is 11.3 Å². The maximum Gasteiger partial charge on any atom is 0.176 e. The summed E-state index contributed by atoms with van der Waals surface area (Å²) in [6.07, 6.45) is 1.59. The average molecular weight is 226 g/mol. The van der Waals surface area contributed by atoms with E-state index in [1.807, 2.05) is 22.8 Å². The number of hydrogen-bond acceptors (Lipinski definition) is 2. The molecule has 17 heavy (non-hydrogen) atoms. The summed E-state index contributed by atoms with van der Waals surface area (Å²) in [5.74, 6) is 0. The van der Waals surface area contributed by atoms with Crippen molar-refractivity contribution in [2.24, 2.45) is 0 Å². The normalized spacial score (nSPS) is 11.5. The molecule has 0 saturated carbocycles. The molecule has 0 radical (unpaired) electrons. The van der Waals surface area contributed by atoms with Gasteiger partial charge in [-0.2, -0.15) is 4.63 Å². The lowest BCUT2D eigenvalue weighted by Crippen LogP contribution is -2.10. The molecule has 0 bridgehead atoms. The molecule has 3 rings (SSSR count). The molecule has 0 aliphatic carbocycles. The molecular weight excluding hydrogens is 212 g/mol. The Balaban J connectivity index is 2.29. The molecule has 1 aromatic carbocycles. The van der Waals surface area contributed by atoms with Crippen molar-refractivity contribution in [3.63, 3.8) is 0 Å². The van der Waals surface area contributed by atoms with Gasteiger partial charge in [0.1, 0.15) is 6.33 Å². The largest absolute Gasteiger partial charge is 0.260 e. The van der Waals surface area contributed by atoms with Gasteiger partial charge < -0.3 is 0 Å². The summed E-state index contributed by atoms with van der Waals surface area (Å²) in [7, 11) is 0. The fourth-order valence-electron chi connectivity index (χ4n) is 2.12. The second kappa shape index (κ2) is 3.73. The smallest absolute Gasteiger partial charge is 0.176 e. The first-order chi connectivity index (χ1) is 8.27. The summed E-state index contributed by atoms with van der Waals surface area (Å²) in [6.45, 7) is 4.29. The van der Waals surface area contributed by atoms with E-state index in [9.17, 15) is 0 Å². The number of aromatic nitrogens is 4. The maximum absolute atomic E-state index is 4.25. The Bertz CT molecular complexity index is 634. The van der Waals surface area contributed by atoms with Crippen LogP contribution in [0.5, 0.6) is 0 Å². The lowest BCUT2D eigenvalue weighted by atomic mass is 10.1. The Kier molecular flexibility index (Phi) is 2.21. The van der Waals surface area contributed by atoms with Gasteiger partial charge in [0.15, 0.2) is 5.65 Å². The van der Waals surface area contributed by atoms with Crippen LogP contribution >= 0.6 is 0 Å². The molecule has 0 saturated heterocycles. The fourth-order valence-corrected chi connectivity index (χ4v) is 2.12. The molecule has 0 N–H and O–H groups in total. The standard InChI is InChI=1S/C13H14N4/c1-10(2)16-12(11-6-4-3-5-7-11)8-13-14-9-15-17(13)16/h3-10H,1-2H3. The second-order valence-corrected chi connectivity index (χ2v) is 4.34. The van der Waals surface area contributed by atoms with E-state index in [-0.39, 0.29) is 0 Å². The van der Waals surface area contributed by atoms with Crippen molar-refractivity contribution >= 4 is 5.65 Å². The summed E-state index contributed by atoms with van der Waals surface area (Å²) in [4.78, 5) is 4.24. The molecular formula is C13H14N4. The van der Waals surface area contributed by atoms with Gasteiger partial charge in [-0.15, -0.1) is 5.10 Å². The zero-order valence-corrected chi connectivity index (χ0v) is 9.91. The monoisotopic (exact) mass is 226 g/mol. The van der Waals surface area contributed by atoms with Crippen molar-refractivity contribution in [3.8, 4) is 11.3 Å². The number of hydrogen-bond donors (Lipinski definition) is 0. The van der Waals surface area contributed by atoms with Gasteiger partial charge in [0, 0.05) is 12.1 Å².